The minimum Gasteiger partial charge on any atom is -0.482 e. The van der Waals surface area contributed by atoms with Gasteiger partial charge in [-0.25, -0.2) is 4.98 Å². The van der Waals surface area contributed by atoms with Gasteiger partial charge < -0.3 is 20.5 Å². The Morgan fingerprint density at radius 1 is 1.37 bits per heavy atom. The monoisotopic (exact) mass is 259 g/mol. The summed E-state index contributed by atoms with van der Waals surface area (Å²) in [6, 6.07) is 5.15. The van der Waals surface area contributed by atoms with Crippen LogP contribution in [0.5, 0.6) is 5.75 Å². The van der Waals surface area contributed by atoms with Gasteiger partial charge in [-0.1, -0.05) is 6.07 Å². The summed E-state index contributed by atoms with van der Waals surface area (Å²) < 4.78 is 5.67. The molecule has 2 heterocycles. The van der Waals surface area contributed by atoms with Crippen molar-refractivity contribution in [2.24, 2.45) is 0 Å². The molecule has 0 saturated carbocycles. The van der Waals surface area contributed by atoms with Gasteiger partial charge in [0.2, 0.25) is 0 Å². The predicted molar refractivity (Wildman–Crippen MR) is 71.8 cm³/mol. The van der Waals surface area contributed by atoms with E-state index in [2.05, 4.69) is 9.97 Å². The zero-order valence-corrected chi connectivity index (χ0v) is 10.4. The number of hydrogen-bond donors (Lipinski definition) is 3. The number of aromatic nitrogens is 2. The van der Waals surface area contributed by atoms with Crippen LogP contribution in [-0.2, 0) is 0 Å². The van der Waals surface area contributed by atoms with Crippen molar-refractivity contribution in [1.82, 2.24) is 9.97 Å². The number of nitrogens with zero attached hydrogens (tertiary/aromatic N) is 2. The minimum atomic E-state index is -1.61. The molecule has 0 fully saturated rings. The number of pyridine rings is 2. The predicted octanol–water partition coefficient (Wildman–Crippen LogP) is -0.121. The Morgan fingerprint density at radius 2 is 2.16 bits per heavy atom. The molecular weight excluding hydrogens is 245 g/mol. The first-order valence-corrected chi connectivity index (χ1v) is 5.76. The largest absolute Gasteiger partial charge is 0.490 e. The second-order valence-electron chi connectivity index (χ2n) is 4.07. The molecule has 0 aromatic carbocycles. The Kier molecular flexibility index (Phi) is 3.98. The van der Waals surface area contributed by atoms with E-state index in [1.807, 2.05) is 19.1 Å². The van der Waals surface area contributed by atoms with Crippen LogP contribution in [0.1, 0.15) is 18.6 Å². The van der Waals surface area contributed by atoms with Gasteiger partial charge in [-0.05, 0) is 19.1 Å². The van der Waals surface area contributed by atoms with Gasteiger partial charge in [0.15, 0.2) is 11.6 Å². The molecule has 0 saturated heterocycles. The number of ether oxygens (including phenoxy) is 1. The van der Waals surface area contributed by atoms with Crippen molar-refractivity contribution in [2.75, 3.05) is 5.73 Å². The first-order valence-electron chi connectivity index (χ1n) is 5.76. The first kappa shape index (κ1) is 13.3. The van der Waals surface area contributed by atoms with Gasteiger partial charge in [-0.2, -0.15) is 0 Å². The molecule has 0 bridgehead atoms. The van der Waals surface area contributed by atoms with Crippen LogP contribution in [0.25, 0.3) is 0 Å². The summed E-state index contributed by atoms with van der Waals surface area (Å²) >= 11 is 0. The number of rotatable bonds is 4. The summed E-state index contributed by atoms with van der Waals surface area (Å²) in [4.78, 5) is 7.87. The second kappa shape index (κ2) is 5.68. The molecule has 6 nitrogen and oxygen atoms in total. The standard InChI is InChI=1S/C12H14BN3O3/c1-8(9-3-2-4-15-6-9)19-11-5-10(13(17)18)7-16-12(11)14/h2-8,17-18H,1H3,(H2,14,16). The zero-order valence-electron chi connectivity index (χ0n) is 10.4. The van der Waals surface area contributed by atoms with Gasteiger partial charge in [0.1, 0.15) is 6.10 Å². The molecule has 2 aromatic rings. The quantitative estimate of drug-likeness (QED) is 0.661. The molecule has 0 aliphatic heterocycles. The van der Waals surface area contributed by atoms with Crippen LogP contribution in [0.3, 0.4) is 0 Å². The van der Waals surface area contributed by atoms with Gasteiger partial charge in [0, 0.05) is 29.6 Å². The Hall–Kier alpha value is -2.12. The van der Waals surface area contributed by atoms with Crippen LogP contribution in [-0.4, -0.2) is 27.1 Å². The van der Waals surface area contributed by atoms with E-state index >= 15 is 0 Å². The third-order valence-electron chi connectivity index (χ3n) is 2.66. The fraction of sp³-hybridized carbons (Fsp3) is 0.167. The molecule has 4 N–H and O–H groups in total. The van der Waals surface area contributed by atoms with E-state index < -0.39 is 7.12 Å². The highest BCUT2D eigenvalue weighted by atomic mass is 16.5. The van der Waals surface area contributed by atoms with E-state index in [0.717, 1.165) is 5.56 Å². The zero-order chi connectivity index (χ0) is 13.8. The Balaban J connectivity index is 2.21. The molecule has 0 aliphatic carbocycles. The lowest BCUT2D eigenvalue weighted by Gasteiger charge is -2.16. The molecule has 1 unspecified atom stereocenters. The lowest BCUT2D eigenvalue weighted by molar-refractivity contribution is 0.227. The molecule has 7 heteroatoms. The van der Waals surface area contributed by atoms with Gasteiger partial charge in [-0.15, -0.1) is 0 Å². The molecule has 0 spiro atoms. The van der Waals surface area contributed by atoms with Crippen LogP contribution < -0.4 is 15.9 Å². The fourth-order valence-corrected chi connectivity index (χ4v) is 1.58. The highest BCUT2D eigenvalue weighted by molar-refractivity contribution is 6.58. The Bertz CT molecular complexity index is 551. The lowest BCUT2D eigenvalue weighted by atomic mass is 9.81. The first-order chi connectivity index (χ1) is 9.08. The lowest BCUT2D eigenvalue weighted by Crippen LogP contribution is -2.30. The average molecular weight is 259 g/mol. The summed E-state index contributed by atoms with van der Waals surface area (Å²) in [6.45, 7) is 1.85. The molecule has 2 rings (SSSR count). The maximum Gasteiger partial charge on any atom is 0.490 e. The molecule has 1 atom stereocenters. The van der Waals surface area contributed by atoms with E-state index in [1.54, 1.807) is 12.4 Å². The summed E-state index contributed by atoms with van der Waals surface area (Å²) in [5.74, 6) is 0.502. The van der Waals surface area contributed by atoms with Gasteiger partial charge in [0.25, 0.3) is 0 Å². The van der Waals surface area contributed by atoms with E-state index in [0.29, 0.717) is 5.75 Å². The van der Waals surface area contributed by atoms with Crippen molar-refractivity contribution >= 4 is 18.4 Å². The van der Waals surface area contributed by atoms with E-state index in [4.69, 9.17) is 20.5 Å². The van der Waals surface area contributed by atoms with Crippen molar-refractivity contribution < 1.29 is 14.8 Å². The molecule has 2 aromatic heterocycles. The number of anilines is 1. The van der Waals surface area contributed by atoms with Crippen LogP contribution in [0.2, 0.25) is 0 Å². The van der Waals surface area contributed by atoms with Crippen LogP contribution >= 0.6 is 0 Å². The van der Waals surface area contributed by atoms with Crippen LogP contribution in [0, 0.1) is 0 Å². The minimum absolute atomic E-state index is 0.195. The molecule has 19 heavy (non-hydrogen) atoms. The molecule has 0 radical (unpaired) electrons. The summed E-state index contributed by atoms with van der Waals surface area (Å²) in [6.07, 6.45) is 4.39. The molecule has 0 aliphatic rings. The second-order valence-corrected chi connectivity index (χ2v) is 4.07. The van der Waals surface area contributed by atoms with Crippen LogP contribution in [0.4, 0.5) is 5.82 Å². The van der Waals surface area contributed by atoms with Crippen molar-refractivity contribution in [3.63, 3.8) is 0 Å². The third kappa shape index (κ3) is 3.21. The highest BCUT2D eigenvalue weighted by Gasteiger charge is 2.16. The van der Waals surface area contributed by atoms with E-state index in [1.165, 1.54) is 12.3 Å². The third-order valence-corrected chi connectivity index (χ3v) is 2.66. The van der Waals surface area contributed by atoms with Gasteiger partial charge >= 0.3 is 7.12 Å². The van der Waals surface area contributed by atoms with Crippen LogP contribution in [0.15, 0.2) is 36.8 Å². The normalized spacial score (nSPS) is 11.9. The topological polar surface area (TPSA) is 101 Å². The maximum atomic E-state index is 9.10. The highest BCUT2D eigenvalue weighted by Crippen LogP contribution is 2.24. The van der Waals surface area contributed by atoms with Gasteiger partial charge in [0.05, 0.1) is 0 Å². The van der Waals surface area contributed by atoms with Gasteiger partial charge in [-0.3, -0.25) is 4.98 Å². The van der Waals surface area contributed by atoms with E-state index in [9.17, 15) is 0 Å². The molecule has 0 amide bonds. The smallest absolute Gasteiger partial charge is 0.482 e. The average Bonchev–Trinajstić information content (AvgIpc) is 2.42. The number of hydrogen-bond acceptors (Lipinski definition) is 6. The van der Waals surface area contributed by atoms with E-state index in [-0.39, 0.29) is 17.4 Å². The Labute approximate surface area is 111 Å². The fourth-order valence-electron chi connectivity index (χ4n) is 1.58. The SMILES string of the molecule is CC(Oc1cc(B(O)O)cnc1N)c1cccnc1. The number of nitrogen functional groups attached to an aromatic ring is 1. The number of nitrogens with two attached hydrogens (primary N) is 1. The molecule has 98 valence electrons. The van der Waals surface area contributed by atoms with Crippen molar-refractivity contribution in [3.8, 4) is 5.75 Å². The maximum absolute atomic E-state index is 9.10. The van der Waals surface area contributed by atoms with Crippen molar-refractivity contribution in [2.45, 2.75) is 13.0 Å². The summed E-state index contributed by atoms with van der Waals surface area (Å²) in [5.41, 5.74) is 6.81. The summed E-state index contributed by atoms with van der Waals surface area (Å²) in [7, 11) is -1.61. The Morgan fingerprint density at radius 3 is 2.79 bits per heavy atom. The summed E-state index contributed by atoms with van der Waals surface area (Å²) in [5, 5.41) is 18.2. The van der Waals surface area contributed by atoms with Crippen molar-refractivity contribution in [3.05, 3.63) is 42.4 Å². The molecular formula is C12H14BN3O3. The van der Waals surface area contributed by atoms with Crippen molar-refractivity contribution in [1.29, 1.82) is 0 Å².